The Morgan fingerprint density at radius 2 is 2.00 bits per heavy atom. The number of benzene rings is 1. The third kappa shape index (κ3) is 6.78. The number of nitrogens with zero attached hydrogens (tertiary/aromatic N) is 2. The van der Waals surface area contributed by atoms with Crippen molar-refractivity contribution >= 4 is 5.96 Å². The summed E-state index contributed by atoms with van der Waals surface area (Å²) in [6.45, 7) is 5.90. The molecule has 0 aliphatic carbocycles. The first-order valence-corrected chi connectivity index (χ1v) is 9.18. The van der Waals surface area contributed by atoms with Crippen LogP contribution >= 0.6 is 0 Å². The van der Waals surface area contributed by atoms with Crippen molar-refractivity contribution in [2.45, 2.75) is 45.3 Å². The minimum atomic E-state index is -2.26. The zero-order valence-electron chi connectivity index (χ0n) is 15.8. The van der Waals surface area contributed by atoms with Crippen LogP contribution in [-0.2, 0) is 0 Å². The lowest BCUT2D eigenvalue weighted by Crippen LogP contribution is -2.50. The van der Waals surface area contributed by atoms with Gasteiger partial charge in [0.2, 0.25) is 0 Å². The second kappa shape index (κ2) is 10.3. The van der Waals surface area contributed by atoms with E-state index in [4.69, 9.17) is 4.74 Å². The lowest BCUT2D eigenvalue weighted by molar-refractivity contribution is 0.0744. The Morgan fingerprint density at radius 3 is 2.62 bits per heavy atom. The van der Waals surface area contributed by atoms with Crippen LogP contribution in [0.5, 0.6) is 5.75 Å². The van der Waals surface area contributed by atoms with Crippen molar-refractivity contribution in [1.29, 1.82) is 0 Å². The minimum absolute atomic E-state index is 0.0115. The van der Waals surface area contributed by atoms with Gasteiger partial charge < -0.3 is 15.4 Å². The first-order chi connectivity index (χ1) is 12.5. The lowest BCUT2D eigenvalue weighted by atomic mass is 10.1. The predicted molar refractivity (Wildman–Crippen MR) is 101 cm³/mol. The molecule has 26 heavy (non-hydrogen) atoms. The number of hydrogen-bond acceptors (Lipinski definition) is 3. The lowest BCUT2D eigenvalue weighted by Gasteiger charge is -2.32. The second-order valence-electron chi connectivity index (χ2n) is 6.76. The molecule has 0 saturated carbocycles. The van der Waals surface area contributed by atoms with Crippen LogP contribution in [0, 0.1) is 6.92 Å². The molecule has 2 rings (SSSR count). The van der Waals surface area contributed by atoms with Gasteiger partial charge in [0.25, 0.3) is 6.43 Å². The van der Waals surface area contributed by atoms with Crippen LogP contribution in [-0.4, -0.2) is 62.7 Å². The van der Waals surface area contributed by atoms with Gasteiger partial charge in [-0.2, -0.15) is 0 Å². The van der Waals surface area contributed by atoms with Gasteiger partial charge in [-0.3, -0.25) is 9.89 Å². The van der Waals surface area contributed by atoms with E-state index in [1.54, 1.807) is 7.05 Å². The first kappa shape index (κ1) is 20.4. The summed E-state index contributed by atoms with van der Waals surface area (Å²) in [5.41, 5.74) is 1.11. The SMILES string of the molecule is CN=C(NCC(C)Oc1ccccc1C)NC1CCN(CC(F)F)CC1. The fourth-order valence-corrected chi connectivity index (χ4v) is 3.03. The molecule has 5 nitrogen and oxygen atoms in total. The molecular weight excluding hydrogens is 338 g/mol. The molecule has 0 amide bonds. The highest BCUT2D eigenvalue weighted by atomic mass is 19.3. The van der Waals surface area contributed by atoms with E-state index in [1.165, 1.54) is 0 Å². The maximum Gasteiger partial charge on any atom is 0.251 e. The molecule has 0 radical (unpaired) electrons. The molecule has 1 unspecified atom stereocenters. The molecule has 1 aliphatic rings. The first-order valence-electron chi connectivity index (χ1n) is 9.18. The largest absolute Gasteiger partial charge is 0.489 e. The molecule has 146 valence electrons. The third-order valence-corrected chi connectivity index (χ3v) is 4.53. The number of aryl methyl sites for hydroxylation is 1. The van der Waals surface area contributed by atoms with E-state index in [2.05, 4.69) is 15.6 Å². The van der Waals surface area contributed by atoms with Crippen molar-refractivity contribution in [3.8, 4) is 5.75 Å². The van der Waals surface area contributed by atoms with Crippen LogP contribution in [0.15, 0.2) is 29.3 Å². The summed E-state index contributed by atoms with van der Waals surface area (Å²) in [6.07, 6.45) is -0.600. The minimum Gasteiger partial charge on any atom is -0.489 e. The van der Waals surface area contributed by atoms with Crippen LogP contribution in [0.4, 0.5) is 8.78 Å². The van der Waals surface area contributed by atoms with Crippen molar-refractivity contribution in [3.05, 3.63) is 29.8 Å². The number of alkyl halides is 2. The van der Waals surface area contributed by atoms with E-state index < -0.39 is 6.43 Å². The van der Waals surface area contributed by atoms with Crippen LogP contribution in [0.25, 0.3) is 0 Å². The van der Waals surface area contributed by atoms with Gasteiger partial charge in [0.1, 0.15) is 11.9 Å². The molecule has 0 bridgehead atoms. The fraction of sp³-hybridized carbons (Fsp3) is 0.632. The number of piperidine rings is 1. The Morgan fingerprint density at radius 1 is 1.31 bits per heavy atom. The Kier molecular flexibility index (Phi) is 8.09. The molecule has 1 fully saturated rings. The zero-order chi connectivity index (χ0) is 18.9. The van der Waals surface area contributed by atoms with Crippen LogP contribution in [0.1, 0.15) is 25.3 Å². The summed E-state index contributed by atoms with van der Waals surface area (Å²) in [7, 11) is 1.73. The van der Waals surface area contributed by atoms with E-state index >= 15 is 0 Å². The number of guanidine groups is 1. The molecule has 2 N–H and O–H groups in total. The van der Waals surface area contributed by atoms with Gasteiger partial charge in [0.05, 0.1) is 13.1 Å². The maximum atomic E-state index is 12.4. The summed E-state index contributed by atoms with van der Waals surface area (Å²) in [5, 5.41) is 6.66. The van der Waals surface area contributed by atoms with Gasteiger partial charge >= 0.3 is 0 Å². The highest BCUT2D eigenvalue weighted by Gasteiger charge is 2.22. The van der Waals surface area contributed by atoms with Gasteiger partial charge in [-0.1, -0.05) is 18.2 Å². The number of hydrogen-bond donors (Lipinski definition) is 2. The predicted octanol–water partition coefficient (Wildman–Crippen LogP) is 2.66. The van der Waals surface area contributed by atoms with E-state index in [1.807, 2.05) is 43.0 Å². The van der Waals surface area contributed by atoms with Crippen molar-refractivity contribution in [2.24, 2.45) is 4.99 Å². The van der Waals surface area contributed by atoms with Crippen LogP contribution < -0.4 is 15.4 Å². The molecule has 0 spiro atoms. The van der Waals surface area contributed by atoms with Gasteiger partial charge in [0, 0.05) is 26.2 Å². The van der Waals surface area contributed by atoms with Gasteiger partial charge in [-0.25, -0.2) is 8.78 Å². The maximum absolute atomic E-state index is 12.4. The summed E-state index contributed by atoms with van der Waals surface area (Å²) in [4.78, 5) is 6.07. The van der Waals surface area contributed by atoms with Crippen molar-refractivity contribution in [3.63, 3.8) is 0 Å². The third-order valence-electron chi connectivity index (χ3n) is 4.53. The van der Waals surface area contributed by atoms with Crippen molar-refractivity contribution in [1.82, 2.24) is 15.5 Å². The van der Waals surface area contributed by atoms with Crippen molar-refractivity contribution in [2.75, 3.05) is 33.2 Å². The van der Waals surface area contributed by atoms with E-state index in [0.29, 0.717) is 19.6 Å². The van der Waals surface area contributed by atoms with Crippen molar-refractivity contribution < 1.29 is 13.5 Å². The smallest absolute Gasteiger partial charge is 0.251 e. The summed E-state index contributed by atoms with van der Waals surface area (Å²) < 4.78 is 30.8. The molecule has 7 heteroatoms. The molecule has 1 heterocycles. The van der Waals surface area contributed by atoms with Gasteiger partial charge in [0.15, 0.2) is 5.96 Å². The molecule has 1 aromatic rings. The Hall–Kier alpha value is -1.89. The summed E-state index contributed by atoms with van der Waals surface area (Å²) >= 11 is 0. The molecule has 1 aliphatic heterocycles. The number of halogens is 2. The molecule has 1 atom stereocenters. The van der Waals surface area contributed by atoms with Crippen LogP contribution in [0.3, 0.4) is 0 Å². The van der Waals surface area contributed by atoms with Gasteiger partial charge in [-0.15, -0.1) is 0 Å². The summed E-state index contributed by atoms with van der Waals surface area (Å²) in [6, 6.07) is 8.19. The van der Waals surface area contributed by atoms with E-state index in [-0.39, 0.29) is 18.7 Å². The number of likely N-dealkylation sites (tertiary alicyclic amines) is 1. The molecular formula is C19H30F2N4O. The number of nitrogens with one attached hydrogen (secondary N) is 2. The van der Waals surface area contributed by atoms with E-state index in [0.717, 1.165) is 30.1 Å². The Labute approximate surface area is 154 Å². The topological polar surface area (TPSA) is 48.9 Å². The standard InChI is InChI=1S/C19H30F2N4O/c1-14-6-4-5-7-17(14)26-15(2)12-23-19(22-3)24-16-8-10-25(11-9-16)13-18(20)21/h4-7,15-16,18H,8-13H2,1-3H3,(H2,22,23,24). The highest BCUT2D eigenvalue weighted by molar-refractivity contribution is 5.80. The second-order valence-corrected chi connectivity index (χ2v) is 6.76. The normalized spacial score (nSPS) is 18.0. The van der Waals surface area contributed by atoms with Crippen LogP contribution in [0.2, 0.25) is 0 Å². The number of rotatable bonds is 7. The Bertz CT molecular complexity index is 574. The number of ether oxygens (including phenoxy) is 1. The molecule has 0 aromatic heterocycles. The Balaban J connectivity index is 1.72. The average molecular weight is 368 g/mol. The zero-order valence-corrected chi connectivity index (χ0v) is 15.8. The summed E-state index contributed by atoms with van der Waals surface area (Å²) in [5.74, 6) is 1.61. The fourth-order valence-electron chi connectivity index (χ4n) is 3.03. The molecule has 1 aromatic carbocycles. The highest BCUT2D eigenvalue weighted by Crippen LogP contribution is 2.17. The van der Waals surface area contributed by atoms with Gasteiger partial charge in [-0.05, 0) is 38.3 Å². The number of aliphatic imine (C=N–C) groups is 1. The molecule has 1 saturated heterocycles. The quantitative estimate of drug-likeness (QED) is 0.574. The number of para-hydroxylation sites is 1. The monoisotopic (exact) mass is 368 g/mol. The average Bonchev–Trinajstić information content (AvgIpc) is 2.61. The van der Waals surface area contributed by atoms with E-state index in [9.17, 15) is 8.78 Å².